The Bertz CT molecular complexity index is 286. The molecule has 1 heterocycles. The van der Waals surface area contributed by atoms with Gasteiger partial charge in [0.2, 0.25) is 0 Å². The monoisotopic (exact) mass is 228 g/mol. The van der Waals surface area contributed by atoms with Gasteiger partial charge in [0, 0.05) is 24.6 Å². The predicted molar refractivity (Wildman–Crippen MR) is 64.4 cm³/mol. The van der Waals surface area contributed by atoms with Crippen LogP contribution in [0.5, 0.6) is 0 Å². The number of hydrogen-bond donors (Lipinski definition) is 1. The number of ether oxygens (including phenoxy) is 1. The van der Waals surface area contributed by atoms with Gasteiger partial charge in [-0.15, -0.1) is 11.3 Å². The Labute approximate surface area is 95.9 Å². The van der Waals surface area contributed by atoms with Gasteiger partial charge in [-0.2, -0.15) is 0 Å². The number of hydrogen-bond acceptors (Lipinski definition) is 4. The highest BCUT2D eigenvalue weighted by atomic mass is 32.1. The molecule has 86 valence electrons. The molecule has 0 aliphatic carbocycles. The lowest BCUT2D eigenvalue weighted by Gasteiger charge is -2.03. The van der Waals surface area contributed by atoms with E-state index in [1.807, 2.05) is 6.92 Å². The van der Waals surface area contributed by atoms with Crippen LogP contribution in [0.3, 0.4) is 0 Å². The first-order valence-electron chi connectivity index (χ1n) is 5.45. The van der Waals surface area contributed by atoms with Gasteiger partial charge in [-0.05, 0) is 33.7 Å². The van der Waals surface area contributed by atoms with Gasteiger partial charge >= 0.3 is 0 Å². The molecule has 3 nitrogen and oxygen atoms in total. The van der Waals surface area contributed by atoms with Gasteiger partial charge in [0.15, 0.2) is 0 Å². The predicted octanol–water partition coefficient (Wildman–Crippen LogP) is 2.28. The van der Waals surface area contributed by atoms with Crippen molar-refractivity contribution in [1.29, 1.82) is 0 Å². The first-order valence-corrected chi connectivity index (χ1v) is 6.27. The largest absolute Gasteiger partial charge is 0.382 e. The lowest BCUT2D eigenvalue weighted by Crippen LogP contribution is -2.16. The summed E-state index contributed by atoms with van der Waals surface area (Å²) in [4.78, 5) is 5.74. The number of rotatable bonds is 7. The number of aryl methyl sites for hydroxylation is 2. The zero-order valence-corrected chi connectivity index (χ0v) is 10.6. The summed E-state index contributed by atoms with van der Waals surface area (Å²) in [5, 5.41) is 4.56. The van der Waals surface area contributed by atoms with Crippen molar-refractivity contribution >= 4 is 11.3 Å². The molecular weight excluding hydrogens is 208 g/mol. The van der Waals surface area contributed by atoms with Gasteiger partial charge in [-0.1, -0.05) is 0 Å². The van der Waals surface area contributed by atoms with Crippen molar-refractivity contribution < 1.29 is 4.74 Å². The normalized spacial score (nSPS) is 10.9. The Morgan fingerprint density at radius 3 is 2.80 bits per heavy atom. The Morgan fingerprint density at radius 1 is 1.40 bits per heavy atom. The number of thiazole rings is 1. The molecule has 1 N–H and O–H groups in total. The Balaban J connectivity index is 2.12. The van der Waals surface area contributed by atoms with Crippen LogP contribution in [0.4, 0.5) is 0 Å². The Hall–Kier alpha value is -0.450. The molecule has 0 spiro atoms. The van der Waals surface area contributed by atoms with Gasteiger partial charge in [0.05, 0.1) is 10.7 Å². The standard InChI is InChI=1S/C11H20N2OS/c1-4-14-7-5-6-12-8-11-9(2)13-10(3)15-11/h12H,4-8H2,1-3H3. The summed E-state index contributed by atoms with van der Waals surface area (Å²) >= 11 is 1.78. The van der Waals surface area contributed by atoms with Crippen molar-refractivity contribution in [2.45, 2.75) is 33.7 Å². The summed E-state index contributed by atoms with van der Waals surface area (Å²) in [6.45, 7) is 9.76. The number of aromatic nitrogens is 1. The van der Waals surface area contributed by atoms with E-state index in [-0.39, 0.29) is 0 Å². The van der Waals surface area contributed by atoms with Crippen molar-refractivity contribution in [2.75, 3.05) is 19.8 Å². The minimum atomic E-state index is 0.813. The van der Waals surface area contributed by atoms with Crippen LogP contribution in [0.1, 0.15) is 28.9 Å². The van der Waals surface area contributed by atoms with Crippen LogP contribution in [-0.4, -0.2) is 24.7 Å². The summed E-state index contributed by atoms with van der Waals surface area (Å²) in [6.07, 6.45) is 1.07. The second kappa shape index (κ2) is 6.93. The smallest absolute Gasteiger partial charge is 0.0900 e. The maximum absolute atomic E-state index is 5.26. The summed E-state index contributed by atoms with van der Waals surface area (Å²) < 4.78 is 5.26. The van der Waals surface area contributed by atoms with Crippen molar-refractivity contribution in [1.82, 2.24) is 10.3 Å². The number of nitrogens with zero attached hydrogens (tertiary/aromatic N) is 1. The van der Waals surface area contributed by atoms with Crippen LogP contribution in [0.2, 0.25) is 0 Å². The average molecular weight is 228 g/mol. The summed E-state index contributed by atoms with van der Waals surface area (Å²) in [5.74, 6) is 0. The van der Waals surface area contributed by atoms with E-state index in [2.05, 4.69) is 24.1 Å². The van der Waals surface area contributed by atoms with Crippen molar-refractivity contribution in [3.8, 4) is 0 Å². The third-order valence-corrected chi connectivity index (χ3v) is 3.20. The minimum absolute atomic E-state index is 0.813. The molecule has 1 rings (SSSR count). The third kappa shape index (κ3) is 4.73. The van der Waals surface area contributed by atoms with Gasteiger partial charge in [0.1, 0.15) is 0 Å². The van der Waals surface area contributed by atoms with E-state index in [0.29, 0.717) is 0 Å². The van der Waals surface area contributed by atoms with Crippen molar-refractivity contribution in [3.05, 3.63) is 15.6 Å². The SMILES string of the molecule is CCOCCCNCc1sc(C)nc1C. The lowest BCUT2D eigenvalue weighted by atomic mass is 10.4. The molecule has 0 aliphatic heterocycles. The molecule has 0 amide bonds. The van der Waals surface area contributed by atoms with Crippen molar-refractivity contribution in [2.24, 2.45) is 0 Å². The lowest BCUT2D eigenvalue weighted by molar-refractivity contribution is 0.144. The van der Waals surface area contributed by atoms with Gasteiger partial charge in [-0.3, -0.25) is 0 Å². The molecule has 1 aromatic heterocycles. The van der Waals surface area contributed by atoms with E-state index in [1.165, 1.54) is 4.88 Å². The van der Waals surface area contributed by atoms with Crippen LogP contribution in [-0.2, 0) is 11.3 Å². The fourth-order valence-corrected chi connectivity index (χ4v) is 2.29. The molecule has 0 radical (unpaired) electrons. The molecule has 0 atom stereocenters. The van der Waals surface area contributed by atoms with E-state index < -0.39 is 0 Å². The van der Waals surface area contributed by atoms with Gasteiger partial charge in [-0.25, -0.2) is 4.98 Å². The molecule has 0 aromatic carbocycles. The maximum Gasteiger partial charge on any atom is 0.0900 e. The molecule has 0 bridgehead atoms. The second-order valence-electron chi connectivity index (χ2n) is 3.47. The third-order valence-electron chi connectivity index (χ3n) is 2.13. The van der Waals surface area contributed by atoms with Crippen LogP contribution in [0.25, 0.3) is 0 Å². The molecule has 0 unspecified atom stereocenters. The molecule has 0 saturated carbocycles. The van der Waals surface area contributed by atoms with Crippen LogP contribution in [0, 0.1) is 13.8 Å². The zero-order valence-electron chi connectivity index (χ0n) is 9.80. The maximum atomic E-state index is 5.26. The molecular formula is C11H20N2OS. The highest BCUT2D eigenvalue weighted by Crippen LogP contribution is 2.16. The zero-order chi connectivity index (χ0) is 11.1. The molecule has 4 heteroatoms. The quantitative estimate of drug-likeness (QED) is 0.727. The highest BCUT2D eigenvalue weighted by Gasteiger charge is 2.03. The van der Waals surface area contributed by atoms with Gasteiger partial charge in [0.25, 0.3) is 0 Å². The minimum Gasteiger partial charge on any atom is -0.382 e. The fraction of sp³-hybridized carbons (Fsp3) is 0.727. The average Bonchev–Trinajstić information content (AvgIpc) is 2.51. The summed E-state index contributed by atoms with van der Waals surface area (Å²) in [5.41, 5.74) is 1.16. The van der Waals surface area contributed by atoms with E-state index in [1.54, 1.807) is 11.3 Å². The topological polar surface area (TPSA) is 34.1 Å². The van der Waals surface area contributed by atoms with Gasteiger partial charge < -0.3 is 10.1 Å². The molecule has 1 aromatic rings. The van der Waals surface area contributed by atoms with Crippen LogP contribution in [0.15, 0.2) is 0 Å². The van der Waals surface area contributed by atoms with Crippen LogP contribution >= 0.6 is 11.3 Å². The molecule has 15 heavy (non-hydrogen) atoms. The fourth-order valence-electron chi connectivity index (χ4n) is 1.38. The molecule has 0 fully saturated rings. The van der Waals surface area contributed by atoms with E-state index in [0.717, 1.165) is 43.4 Å². The number of nitrogens with one attached hydrogen (secondary N) is 1. The van der Waals surface area contributed by atoms with Crippen LogP contribution < -0.4 is 5.32 Å². The Kier molecular flexibility index (Phi) is 5.83. The van der Waals surface area contributed by atoms with E-state index in [4.69, 9.17) is 4.74 Å². The van der Waals surface area contributed by atoms with E-state index in [9.17, 15) is 0 Å². The Morgan fingerprint density at radius 2 is 2.20 bits per heavy atom. The molecule has 0 saturated heterocycles. The summed E-state index contributed by atoms with van der Waals surface area (Å²) in [7, 11) is 0. The second-order valence-corrected chi connectivity index (χ2v) is 4.76. The van der Waals surface area contributed by atoms with E-state index >= 15 is 0 Å². The first kappa shape index (κ1) is 12.6. The highest BCUT2D eigenvalue weighted by molar-refractivity contribution is 7.11. The van der Waals surface area contributed by atoms with Crippen molar-refractivity contribution in [3.63, 3.8) is 0 Å². The first-order chi connectivity index (χ1) is 7.24. The summed E-state index contributed by atoms with van der Waals surface area (Å²) in [6, 6.07) is 0. The molecule has 0 aliphatic rings.